The second-order valence-corrected chi connectivity index (χ2v) is 5.81. The zero-order valence-electron chi connectivity index (χ0n) is 13.2. The van der Waals surface area contributed by atoms with Gasteiger partial charge in [0.1, 0.15) is 16.6 Å². The minimum Gasteiger partial charge on any atom is -0.462 e. The predicted octanol–water partition coefficient (Wildman–Crippen LogP) is 2.87. The van der Waals surface area contributed by atoms with Crippen molar-refractivity contribution in [3.63, 3.8) is 0 Å². The first-order valence-electron chi connectivity index (χ1n) is 7.48. The van der Waals surface area contributed by atoms with Crippen LogP contribution in [0.15, 0.2) is 34.6 Å². The van der Waals surface area contributed by atoms with E-state index in [0.29, 0.717) is 15.8 Å². The van der Waals surface area contributed by atoms with E-state index in [9.17, 15) is 14.4 Å². The van der Waals surface area contributed by atoms with Crippen LogP contribution in [0.4, 0.5) is 0 Å². The van der Waals surface area contributed by atoms with E-state index in [0.717, 1.165) is 11.3 Å². The third-order valence-corrected chi connectivity index (χ3v) is 4.52. The number of hydrogen-bond donors (Lipinski definition) is 0. The van der Waals surface area contributed by atoms with Gasteiger partial charge in [0.05, 0.1) is 23.4 Å². The molecule has 0 atom stereocenters. The molecule has 3 aromatic heterocycles. The molecule has 0 aliphatic carbocycles. The van der Waals surface area contributed by atoms with Gasteiger partial charge in [-0.05, 0) is 26.0 Å². The van der Waals surface area contributed by atoms with Crippen molar-refractivity contribution in [3.05, 3.63) is 51.1 Å². The van der Waals surface area contributed by atoms with Gasteiger partial charge in [-0.2, -0.15) is 0 Å². The Labute approximate surface area is 141 Å². The number of aromatic nitrogens is 1. The quantitative estimate of drug-likeness (QED) is 0.680. The van der Waals surface area contributed by atoms with Crippen molar-refractivity contribution >= 4 is 39.0 Å². The first-order valence-corrected chi connectivity index (χ1v) is 8.36. The SMILES string of the molecule is CCOC(=O)c1csc2c(C(=O)OCC)c3ccccn3c2c1=O. The number of fused-ring (bicyclic) bond motifs is 3. The molecule has 6 nitrogen and oxygen atoms in total. The molecule has 7 heteroatoms. The van der Waals surface area contributed by atoms with Gasteiger partial charge in [0.25, 0.3) is 0 Å². The molecule has 3 aromatic rings. The second kappa shape index (κ2) is 6.45. The van der Waals surface area contributed by atoms with Gasteiger partial charge >= 0.3 is 11.9 Å². The maximum Gasteiger partial charge on any atom is 0.343 e. The minimum atomic E-state index is -0.663. The Balaban J connectivity index is 2.37. The standard InChI is InChI=1S/C17H15NO5S/c1-3-22-16(20)10-9-24-15-12(17(21)23-4-2)11-7-5-6-8-18(11)13(15)14(10)19/h5-9H,3-4H2,1-2H3. The van der Waals surface area contributed by atoms with Crippen molar-refractivity contribution in [3.8, 4) is 0 Å². The molecule has 3 heterocycles. The summed E-state index contributed by atoms with van der Waals surface area (Å²) in [4.78, 5) is 37.1. The Bertz CT molecular complexity index is 1000. The number of rotatable bonds is 4. The predicted molar refractivity (Wildman–Crippen MR) is 91.0 cm³/mol. The summed E-state index contributed by atoms with van der Waals surface area (Å²) in [7, 11) is 0. The van der Waals surface area contributed by atoms with Crippen LogP contribution < -0.4 is 5.43 Å². The first-order chi connectivity index (χ1) is 11.6. The van der Waals surface area contributed by atoms with Gasteiger partial charge in [0, 0.05) is 11.6 Å². The number of carbonyl (C=O) groups excluding carboxylic acids is 2. The maximum absolute atomic E-state index is 12.8. The van der Waals surface area contributed by atoms with Crippen LogP contribution in [-0.2, 0) is 9.47 Å². The van der Waals surface area contributed by atoms with E-state index in [4.69, 9.17) is 9.47 Å². The van der Waals surface area contributed by atoms with Gasteiger partial charge in [0.15, 0.2) is 0 Å². The average molecular weight is 345 g/mol. The summed E-state index contributed by atoms with van der Waals surface area (Å²) in [5.74, 6) is -1.15. The molecule has 0 amide bonds. The van der Waals surface area contributed by atoms with Crippen molar-refractivity contribution in [2.75, 3.05) is 13.2 Å². The average Bonchev–Trinajstić information content (AvgIpc) is 2.90. The van der Waals surface area contributed by atoms with Gasteiger partial charge in [0.2, 0.25) is 5.43 Å². The molecule has 0 unspecified atom stereocenters. The van der Waals surface area contributed by atoms with Crippen molar-refractivity contribution in [2.45, 2.75) is 13.8 Å². The Morgan fingerprint density at radius 1 is 1.12 bits per heavy atom. The molecule has 0 spiro atoms. The smallest absolute Gasteiger partial charge is 0.343 e. The zero-order chi connectivity index (χ0) is 17.3. The number of pyridine rings is 1. The van der Waals surface area contributed by atoms with Gasteiger partial charge in [-0.25, -0.2) is 9.59 Å². The summed E-state index contributed by atoms with van der Waals surface area (Å²) in [5.41, 5.74) is 0.696. The topological polar surface area (TPSA) is 74.1 Å². The van der Waals surface area contributed by atoms with Gasteiger partial charge in [-0.15, -0.1) is 11.3 Å². The molecule has 0 N–H and O–H groups in total. The lowest BCUT2D eigenvalue weighted by Gasteiger charge is -2.01. The molecule has 0 bridgehead atoms. The Morgan fingerprint density at radius 3 is 2.54 bits per heavy atom. The van der Waals surface area contributed by atoms with E-state index in [1.807, 2.05) is 0 Å². The maximum atomic E-state index is 12.8. The van der Waals surface area contributed by atoms with Crippen LogP contribution in [0.5, 0.6) is 0 Å². The van der Waals surface area contributed by atoms with Crippen LogP contribution in [0.2, 0.25) is 0 Å². The van der Waals surface area contributed by atoms with Crippen LogP contribution >= 0.6 is 11.3 Å². The summed E-state index contributed by atoms with van der Waals surface area (Å²) in [5, 5.41) is 1.44. The van der Waals surface area contributed by atoms with E-state index in [1.165, 1.54) is 5.38 Å². The number of nitrogens with zero attached hydrogens (tertiary/aromatic N) is 1. The molecular formula is C17H15NO5S. The van der Waals surface area contributed by atoms with Crippen molar-refractivity contribution < 1.29 is 19.1 Å². The van der Waals surface area contributed by atoms with Crippen LogP contribution in [-0.4, -0.2) is 29.6 Å². The first kappa shape index (κ1) is 16.2. The highest BCUT2D eigenvalue weighted by Crippen LogP contribution is 2.29. The normalized spacial score (nSPS) is 10.9. The summed E-state index contributed by atoms with van der Waals surface area (Å²) in [6.45, 7) is 3.82. The molecule has 0 aromatic carbocycles. The Hall–Kier alpha value is -2.67. The highest BCUT2D eigenvalue weighted by molar-refractivity contribution is 7.17. The summed E-state index contributed by atoms with van der Waals surface area (Å²) in [6, 6.07) is 5.27. The number of carbonyl (C=O) groups is 2. The zero-order valence-corrected chi connectivity index (χ0v) is 14.0. The molecule has 0 aliphatic rings. The molecule has 0 fully saturated rings. The third-order valence-electron chi connectivity index (χ3n) is 3.53. The largest absolute Gasteiger partial charge is 0.462 e. The highest BCUT2D eigenvalue weighted by Gasteiger charge is 2.24. The number of ether oxygens (including phenoxy) is 2. The van der Waals surface area contributed by atoms with E-state index < -0.39 is 17.4 Å². The third kappa shape index (κ3) is 2.46. The van der Waals surface area contributed by atoms with Crippen LogP contribution in [0, 0.1) is 0 Å². The molecular weight excluding hydrogens is 330 g/mol. The summed E-state index contributed by atoms with van der Waals surface area (Å²) < 4.78 is 12.2. The van der Waals surface area contributed by atoms with Crippen molar-refractivity contribution in [1.82, 2.24) is 4.40 Å². The lowest BCUT2D eigenvalue weighted by molar-refractivity contribution is 0.0518. The van der Waals surface area contributed by atoms with Crippen molar-refractivity contribution in [1.29, 1.82) is 0 Å². The minimum absolute atomic E-state index is 0.0342. The van der Waals surface area contributed by atoms with Crippen LogP contribution in [0.25, 0.3) is 15.7 Å². The van der Waals surface area contributed by atoms with Crippen molar-refractivity contribution in [2.24, 2.45) is 0 Å². The number of hydrogen-bond acceptors (Lipinski definition) is 6. The molecule has 0 saturated heterocycles. The fraction of sp³-hybridized carbons (Fsp3) is 0.235. The highest BCUT2D eigenvalue weighted by atomic mass is 32.1. The lowest BCUT2D eigenvalue weighted by atomic mass is 10.2. The number of esters is 2. The van der Waals surface area contributed by atoms with E-state index in [-0.39, 0.29) is 24.3 Å². The summed E-state index contributed by atoms with van der Waals surface area (Å²) >= 11 is 1.16. The molecule has 0 radical (unpaired) electrons. The second-order valence-electron chi connectivity index (χ2n) is 4.93. The van der Waals surface area contributed by atoms with Gasteiger partial charge in [-0.1, -0.05) is 6.07 Å². The fourth-order valence-electron chi connectivity index (χ4n) is 2.56. The van der Waals surface area contributed by atoms with Crippen LogP contribution in [0.3, 0.4) is 0 Å². The van der Waals surface area contributed by atoms with Crippen LogP contribution in [0.1, 0.15) is 34.6 Å². The lowest BCUT2D eigenvalue weighted by Crippen LogP contribution is -2.17. The molecule has 0 aliphatic heterocycles. The molecule has 24 heavy (non-hydrogen) atoms. The van der Waals surface area contributed by atoms with Gasteiger partial charge < -0.3 is 13.9 Å². The monoisotopic (exact) mass is 345 g/mol. The summed E-state index contributed by atoms with van der Waals surface area (Å²) in [6.07, 6.45) is 1.68. The molecule has 0 saturated carbocycles. The Kier molecular flexibility index (Phi) is 4.35. The van der Waals surface area contributed by atoms with Gasteiger partial charge in [-0.3, -0.25) is 4.79 Å². The molecule has 124 valence electrons. The Morgan fingerprint density at radius 2 is 1.83 bits per heavy atom. The van der Waals surface area contributed by atoms with E-state index >= 15 is 0 Å². The van der Waals surface area contributed by atoms with E-state index in [2.05, 4.69) is 0 Å². The van der Waals surface area contributed by atoms with E-state index in [1.54, 1.807) is 42.6 Å². The molecule has 3 rings (SSSR count). The fourth-order valence-corrected chi connectivity index (χ4v) is 3.61.